The van der Waals surface area contributed by atoms with E-state index in [1.165, 1.54) is 0 Å². The number of hydrogen-bond donors (Lipinski definition) is 2. The van der Waals surface area contributed by atoms with Gasteiger partial charge >= 0.3 is 6.09 Å². The Morgan fingerprint density at radius 3 is 2.42 bits per heavy atom. The van der Waals surface area contributed by atoms with E-state index in [0.29, 0.717) is 13.1 Å². The Balaban J connectivity index is 3.47. The van der Waals surface area contributed by atoms with Crippen molar-refractivity contribution in [1.29, 1.82) is 0 Å². The SMILES string of the molecule is [CH2]NCCNC(=O)OC(C)(C)C. The largest absolute Gasteiger partial charge is 0.444 e. The van der Waals surface area contributed by atoms with E-state index in [-0.39, 0.29) is 0 Å². The number of alkyl carbamates (subject to hydrolysis) is 1. The van der Waals surface area contributed by atoms with Crippen molar-refractivity contribution >= 4 is 6.09 Å². The molecule has 0 unspecified atom stereocenters. The molecule has 1 amide bonds. The van der Waals surface area contributed by atoms with E-state index in [1.807, 2.05) is 20.8 Å². The zero-order chi connectivity index (χ0) is 9.61. The van der Waals surface area contributed by atoms with Gasteiger partial charge in [0, 0.05) is 20.1 Å². The topological polar surface area (TPSA) is 50.4 Å². The van der Waals surface area contributed by atoms with Crippen LogP contribution in [0.1, 0.15) is 20.8 Å². The third-order valence-electron chi connectivity index (χ3n) is 0.970. The number of amides is 1. The highest BCUT2D eigenvalue weighted by atomic mass is 16.6. The summed E-state index contributed by atoms with van der Waals surface area (Å²) < 4.78 is 4.99. The summed E-state index contributed by atoms with van der Waals surface area (Å²) in [7, 11) is 3.41. The molecule has 0 atom stereocenters. The number of carbonyl (C=O) groups is 1. The number of hydrogen-bond acceptors (Lipinski definition) is 3. The molecule has 12 heavy (non-hydrogen) atoms. The highest BCUT2D eigenvalue weighted by Gasteiger charge is 2.14. The van der Waals surface area contributed by atoms with E-state index in [4.69, 9.17) is 4.74 Å². The van der Waals surface area contributed by atoms with E-state index in [2.05, 4.69) is 17.7 Å². The lowest BCUT2D eigenvalue weighted by atomic mass is 10.2. The maximum Gasteiger partial charge on any atom is 0.407 e. The average Bonchev–Trinajstić information content (AvgIpc) is 1.84. The molecule has 0 aromatic heterocycles. The number of carbonyl (C=O) groups excluding carboxylic acids is 1. The molecule has 0 rings (SSSR count). The standard InChI is InChI=1S/C8H17N2O2/c1-8(2,3)12-7(11)10-6-5-9-4/h9H,4-6H2,1-3H3,(H,10,11). The second-order valence-electron chi connectivity index (χ2n) is 3.43. The molecular formula is C8H17N2O2. The molecule has 0 heterocycles. The minimum Gasteiger partial charge on any atom is -0.444 e. The van der Waals surface area contributed by atoms with E-state index in [9.17, 15) is 4.79 Å². The van der Waals surface area contributed by atoms with Crippen LogP contribution in [0.2, 0.25) is 0 Å². The molecule has 0 saturated heterocycles. The maximum absolute atomic E-state index is 11.0. The van der Waals surface area contributed by atoms with Crippen molar-refractivity contribution in [3.05, 3.63) is 7.05 Å². The van der Waals surface area contributed by atoms with Crippen LogP contribution in [0.4, 0.5) is 4.79 Å². The van der Waals surface area contributed by atoms with Crippen molar-refractivity contribution in [1.82, 2.24) is 10.6 Å². The molecule has 0 saturated carbocycles. The van der Waals surface area contributed by atoms with Gasteiger partial charge in [0.1, 0.15) is 5.60 Å². The highest BCUT2D eigenvalue weighted by molar-refractivity contribution is 5.67. The summed E-state index contributed by atoms with van der Waals surface area (Å²) in [6.45, 7) is 6.64. The van der Waals surface area contributed by atoms with Crippen LogP contribution in [-0.2, 0) is 4.74 Å². The van der Waals surface area contributed by atoms with E-state index in [1.54, 1.807) is 0 Å². The monoisotopic (exact) mass is 173 g/mol. The van der Waals surface area contributed by atoms with Crippen LogP contribution in [0, 0.1) is 7.05 Å². The van der Waals surface area contributed by atoms with Gasteiger partial charge in [-0.2, -0.15) is 0 Å². The molecule has 71 valence electrons. The average molecular weight is 173 g/mol. The third-order valence-corrected chi connectivity index (χ3v) is 0.970. The Morgan fingerprint density at radius 2 is 2.00 bits per heavy atom. The van der Waals surface area contributed by atoms with Crippen LogP contribution < -0.4 is 10.6 Å². The van der Waals surface area contributed by atoms with Gasteiger partial charge < -0.3 is 15.4 Å². The Kier molecular flexibility index (Phi) is 4.66. The van der Waals surface area contributed by atoms with Gasteiger partial charge in [0.25, 0.3) is 0 Å². The van der Waals surface area contributed by atoms with Crippen molar-refractivity contribution in [3.63, 3.8) is 0 Å². The van der Waals surface area contributed by atoms with Crippen LogP contribution in [0.3, 0.4) is 0 Å². The summed E-state index contributed by atoms with van der Waals surface area (Å²) in [5.41, 5.74) is -0.429. The molecule has 4 nitrogen and oxygen atoms in total. The van der Waals surface area contributed by atoms with Gasteiger partial charge in [0.2, 0.25) is 0 Å². The quantitative estimate of drug-likeness (QED) is 0.623. The summed E-state index contributed by atoms with van der Waals surface area (Å²) in [4.78, 5) is 11.0. The zero-order valence-electron chi connectivity index (χ0n) is 7.94. The molecule has 0 aromatic carbocycles. The number of nitrogens with one attached hydrogen (secondary N) is 2. The van der Waals surface area contributed by atoms with Crippen molar-refractivity contribution in [3.8, 4) is 0 Å². The fraction of sp³-hybridized carbons (Fsp3) is 0.750. The summed E-state index contributed by atoms with van der Waals surface area (Å²) >= 11 is 0. The summed E-state index contributed by atoms with van der Waals surface area (Å²) in [5, 5.41) is 5.24. The first kappa shape index (κ1) is 11.2. The predicted molar refractivity (Wildman–Crippen MR) is 47.6 cm³/mol. The molecule has 1 radical (unpaired) electrons. The molecule has 0 spiro atoms. The lowest BCUT2D eigenvalue weighted by Gasteiger charge is -2.19. The highest BCUT2D eigenvalue weighted by Crippen LogP contribution is 2.05. The Hall–Kier alpha value is -0.770. The molecule has 4 heteroatoms. The van der Waals surface area contributed by atoms with E-state index >= 15 is 0 Å². The molecule has 0 fully saturated rings. The van der Waals surface area contributed by atoms with Gasteiger partial charge in [-0.1, -0.05) is 0 Å². The molecular weight excluding hydrogens is 156 g/mol. The smallest absolute Gasteiger partial charge is 0.407 e. The van der Waals surface area contributed by atoms with Crippen LogP contribution in [-0.4, -0.2) is 24.8 Å². The van der Waals surface area contributed by atoms with E-state index in [0.717, 1.165) is 0 Å². The summed E-state index contributed by atoms with van der Waals surface area (Å²) in [6.07, 6.45) is -0.391. The first-order chi connectivity index (χ1) is 5.45. The van der Waals surface area contributed by atoms with Crippen LogP contribution in [0.5, 0.6) is 0 Å². The normalized spacial score (nSPS) is 11.0. The van der Waals surface area contributed by atoms with Crippen LogP contribution in [0.25, 0.3) is 0 Å². The lowest BCUT2D eigenvalue weighted by Crippen LogP contribution is -2.35. The second kappa shape index (κ2) is 4.98. The van der Waals surface area contributed by atoms with Crippen molar-refractivity contribution < 1.29 is 9.53 Å². The molecule has 0 aliphatic carbocycles. The van der Waals surface area contributed by atoms with Gasteiger partial charge in [0.05, 0.1) is 0 Å². The Labute approximate surface area is 73.7 Å². The van der Waals surface area contributed by atoms with Crippen molar-refractivity contribution in [2.75, 3.05) is 13.1 Å². The number of ether oxygens (including phenoxy) is 1. The van der Waals surface area contributed by atoms with Gasteiger partial charge in [-0.05, 0) is 20.8 Å². The first-order valence-electron chi connectivity index (χ1n) is 3.92. The summed E-state index contributed by atoms with van der Waals surface area (Å²) in [6, 6.07) is 0. The minimum absolute atomic E-state index is 0.391. The van der Waals surface area contributed by atoms with Gasteiger partial charge in [-0.15, -0.1) is 0 Å². The molecule has 0 aromatic rings. The van der Waals surface area contributed by atoms with Gasteiger partial charge in [-0.25, -0.2) is 4.79 Å². The predicted octanol–water partition coefficient (Wildman–Crippen LogP) is 0.892. The minimum atomic E-state index is -0.429. The van der Waals surface area contributed by atoms with Crippen LogP contribution >= 0.6 is 0 Å². The molecule has 2 N–H and O–H groups in total. The van der Waals surface area contributed by atoms with Crippen molar-refractivity contribution in [2.24, 2.45) is 0 Å². The maximum atomic E-state index is 11.0. The summed E-state index contributed by atoms with van der Waals surface area (Å²) in [5.74, 6) is 0. The van der Waals surface area contributed by atoms with Gasteiger partial charge in [0.15, 0.2) is 0 Å². The fourth-order valence-electron chi connectivity index (χ4n) is 0.567. The third kappa shape index (κ3) is 7.34. The molecule has 0 aliphatic heterocycles. The zero-order valence-corrected chi connectivity index (χ0v) is 7.94. The first-order valence-corrected chi connectivity index (χ1v) is 3.92. The van der Waals surface area contributed by atoms with Crippen molar-refractivity contribution in [2.45, 2.75) is 26.4 Å². The Bertz CT molecular complexity index is 140. The fourth-order valence-corrected chi connectivity index (χ4v) is 0.567. The van der Waals surface area contributed by atoms with Gasteiger partial charge in [-0.3, -0.25) is 0 Å². The molecule has 0 bridgehead atoms. The van der Waals surface area contributed by atoms with Crippen LogP contribution in [0.15, 0.2) is 0 Å². The van der Waals surface area contributed by atoms with E-state index < -0.39 is 11.7 Å². The lowest BCUT2D eigenvalue weighted by molar-refractivity contribution is 0.0529. The number of rotatable bonds is 3. The molecule has 0 aliphatic rings. The second-order valence-corrected chi connectivity index (χ2v) is 3.43. The Morgan fingerprint density at radius 1 is 1.42 bits per heavy atom.